The molecule has 0 spiro atoms. The van der Waals surface area contributed by atoms with Gasteiger partial charge < -0.3 is 4.74 Å². The minimum Gasteiger partial charge on any atom is -0.357 e. The van der Waals surface area contributed by atoms with Crippen LogP contribution in [0.5, 0.6) is 0 Å². The molecule has 154 valence electrons. The molecule has 0 aromatic heterocycles. The molecule has 2 aromatic carbocycles. The highest BCUT2D eigenvalue weighted by atomic mass is 16.5. The second-order valence-electron chi connectivity index (χ2n) is 8.60. The molecule has 3 nitrogen and oxygen atoms in total. The molecule has 0 amide bonds. The summed E-state index contributed by atoms with van der Waals surface area (Å²) in [4.78, 5) is 0. The average Bonchev–Trinajstić information content (AvgIpc) is 2.94. The smallest absolute Gasteiger partial charge is 0.210 e. The van der Waals surface area contributed by atoms with Gasteiger partial charge in [-0.2, -0.15) is 4.58 Å². The van der Waals surface area contributed by atoms with E-state index in [9.17, 15) is 0 Å². The fourth-order valence-corrected chi connectivity index (χ4v) is 4.66. The van der Waals surface area contributed by atoms with Crippen LogP contribution in [0.4, 0.5) is 5.69 Å². The Morgan fingerprint density at radius 1 is 1.07 bits per heavy atom. The Kier molecular flexibility index (Phi) is 5.35. The average molecular weight is 400 g/mol. The lowest BCUT2D eigenvalue weighted by Gasteiger charge is -2.27. The van der Waals surface area contributed by atoms with Crippen molar-refractivity contribution in [3.8, 4) is 11.1 Å². The number of ether oxygens (including phenoxy) is 1. The molecule has 3 heteroatoms. The molecule has 4 rings (SSSR count). The van der Waals surface area contributed by atoms with Crippen molar-refractivity contribution in [2.24, 2.45) is 5.73 Å². The molecule has 0 radical (unpaired) electrons. The van der Waals surface area contributed by atoms with Gasteiger partial charge in [0.15, 0.2) is 5.71 Å². The predicted molar refractivity (Wildman–Crippen MR) is 125 cm³/mol. The Morgan fingerprint density at radius 2 is 1.83 bits per heavy atom. The van der Waals surface area contributed by atoms with Crippen LogP contribution in [0, 0.1) is 0 Å². The van der Waals surface area contributed by atoms with Crippen molar-refractivity contribution in [1.29, 1.82) is 0 Å². The van der Waals surface area contributed by atoms with Crippen molar-refractivity contribution in [2.45, 2.75) is 38.3 Å². The maximum absolute atomic E-state index is 6.25. The molecule has 2 aliphatic rings. The summed E-state index contributed by atoms with van der Waals surface area (Å²) in [7, 11) is 2.16. The normalized spacial score (nSPS) is 22.5. The van der Waals surface area contributed by atoms with E-state index in [1.807, 2.05) is 13.0 Å². The number of nitrogens with zero attached hydrogens (tertiary/aromatic N) is 1. The van der Waals surface area contributed by atoms with E-state index in [4.69, 9.17) is 10.5 Å². The zero-order valence-electron chi connectivity index (χ0n) is 18.4. The largest absolute Gasteiger partial charge is 0.357 e. The molecule has 1 atom stereocenters. The van der Waals surface area contributed by atoms with Crippen LogP contribution in [0.3, 0.4) is 0 Å². The third-order valence-electron chi connectivity index (χ3n) is 6.18. The molecular formula is C27H31N2O+. The van der Waals surface area contributed by atoms with Gasteiger partial charge in [-0.3, -0.25) is 5.73 Å². The third kappa shape index (κ3) is 3.60. The van der Waals surface area contributed by atoms with Gasteiger partial charge in [0.1, 0.15) is 12.8 Å². The molecular weight excluding hydrogens is 368 g/mol. The van der Waals surface area contributed by atoms with Crippen molar-refractivity contribution in [2.75, 3.05) is 13.7 Å². The number of nitrogens with two attached hydrogens (primary N) is 1. The van der Waals surface area contributed by atoms with Crippen LogP contribution in [0.1, 0.15) is 32.8 Å². The Hall–Kier alpha value is -2.75. The first-order valence-electron chi connectivity index (χ1n) is 10.7. The molecule has 2 N–H and O–H groups in total. The first-order valence-corrected chi connectivity index (χ1v) is 10.7. The molecule has 1 unspecified atom stereocenters. The molecule has 0 saturated carbocycles. The van der Waals surface area contributed by atoms with Gasteiger partial charge >= 0.3 is 0 Å². The van der Waals surface area contributed by atoms with Gasteiger partial charge in [0, 0.05) is 30.7 Å². The number of hydrogen-bond acceptors (Lipinski definition) is 2. The molecule has 0 bridgehead atoms. The van der Waals surface area contributed by atoms with Crippen LogP contribution in [0.25, 0.3) is 11.1 Å². The highest BCUT2D eigenvalue weighted by Crippen LogP contribution is 2.45. The lowest BCUT2D eigenvalue weighted by Crippen LogP contribution is -2.41. The van der Waals surface area contributed by atoms with Crippen LogP contribution in [-0.4, -0.2) is 29.7 Å². The van der Waals surface area contributed by atoms with E-state index in [-0.39, 0.29) is 5.41 Å². The van der Waals surface area contributed by atoms with Crippen molar-refractivity contribution in [3.63, 3.8) is 0 Å². The van der Waals surface area contributed by atoms with Crippen LogP contribution in [-0.2, 0) is 10.2 Å². The van der Waals surface area contributed by atoms with Crippen molar-refractivity contribution >= 4 is 11.4 Å². The lowest BCUT2D eigenvalue weighted by molar-refractivity contribution is -0.401. The summed E-state index contributed by atoms with van der Waals surface area (Å²) in [5.74, 6) is 0. The monoisotopic (exact) mass is 399 g/mol. The number of allylic oxidation sites excluding steroid dienone is 4. The summed E-state index contributed by atoms with van der Waals surface area (Å²) < 4.78 is 7.97. The minimum absolute atomic E-state index is 0.102. The van der Waals surface area contributed by atoms with E-state index in [0.29, 0.717) is 13.0 Å². The molecule has 1 aliphatic carbocycles. The second kappa shape index (κ2) is 7.82. The van der Waals surface area contributed by atoms with Crippen LogP contribution in [0.15, 0.2) is 84.5 Å². The number of hydrogen-bond donors (Lipinski definition) is 1. The molecule has 1 heterocycles. The summed E-state index contributed by atoms with van der Waals surface area (Å²) in [5, 5.41) is 0. The summed E-state index contributed by atoms with van der Waals surface area (Å²) in [6.07, 6.45) is 11.3. The van der Waals surface area contributed by atoms with E-state index in [1.54, 1.807) is 0 Å². The minimum atomic E-state index is -0.677. The van der Waals surface area contributed by atoms with Crippen LogP contribution >= 0.6 is 0 Å². The zero-order valence-corrected chi connectivity index (χ0v) is 18.4. The first kappa shape index (κ1) is 20.5. The predicted octanol–water partition coefficient (Wildman–Crippen LogP) is 5.49. The Labute approximate surface area is 179 Å². The van der Waals surface area contributed by atoms with E-state index >= 15 is 0 Å². The molecule has 0 saturated heterocycles. The Balaban J connectivity index is 1.66. The maximum atomic E-state index is 6.25. The first-order chi connectivity index (χ1) is 14.4. The quantitative estimate of drug-likeness (QED) is 0.533. The number of benzene rings is 2. The lowest BCUT2D eigenvalue weighted by atomic mass is 9.77. The topological polar surface area (TPSA) is 38.3 Å². The second-order valence-corrected chi connectivity index (χ2v) is 8.60. The molecule has 2 aromatic rings. The van der Waals surface area contributed by atoms with E-state index in [1.165, 1.54) is 28.1 Å². The highest BCUT2D eigenvalue weighted by Gasteiger charge is 2.44. The van der Waals surface area contributed by atoms with E-state index in [0.717, 1.165) is 5.57 Å². The van der Waals surface area contributed by atoms with Crippen LogP contribution < -0.4 is 5.73 Å². The molecule has 30 heavy (non-hydrogen) atoms. The highest BCUT2D eigenvalue weighted by molar-refractivity contribution is 6.05. The summed E-state index contributed by atoms with van der Waals surface area (Å²) in [6, 6.07) is 17.3. The zero-order chi connectivity index (χ0) is 21.4. The maximum Gasteiger partial charge on any atom is 0.210 e. The van der Waals surface area contributed by atoms with E-state index < -0.39 is 5.72 Å². The van der Waals surface area contributed by atoms with Gasteiger partial charge in [-0.15, -0.1) is 0 Å². The SMILES string of the molecule is CCOC1(N)C=CC(C=CC2=[N+](C)c3cccc(-c4ccccc4)c3C2(C)C)=CC1. The van der Waals surface area contributed by atoms with Crippen molar-refractivity contribution in [1.82, 2.24) is 0 Å². The summed E-state index contributed by atoms with van der Waals surface area (Å²) in [6.45, 7) is 7.20. The molecule has 0 fully saturated rings. The van der Waals surface area contributed by atoms with Gasteiger partial charge in [0.2, 0.25) is 5.69 Å². The third-order valence-corrected chi connectivity index (χ3v) is 6.18. The van der Waals surface area contributed by atoms with Gasteiger partial charge in [0.25, 0.3) is 0 Å². The standard InChI is InChI=1S/C27H31N2O/c1-5-30-27(28)18-16-20(17-19-27)14-15-24-26(2,3)25-22(21-10-7-6-8-11-21)12-9-13-23(25)29(24)4/h6-18H,5,19,28H2,1-4H3/q+1. The summed E-state index contributed by atoms with van der Waals surface area (Å²) in [5.41, 5.74) is 13.1. The summed E-state index contributed by atoms with van der Waals surface area (Å²) >= 11 is 0. The van der Waals surface area contributed by atoms with Gasteiger partial charge in [-0.1, -0.05) is 54.6 Å². The van der Waals surface area contributed by atoms with Crippen molar-refractivity contribution in [3.05, 3.63) is 90.0 Å². The fourth-order valence-electron chi connectivity index (χ4n) is 4.66. The number of rotatable bonds is 5. The Bertz CT molecular complexity index is 1070. The van der Waals surface area contributed by atoms with Gasteiger partial charge in [0.05, 0.1) is 5.41 Å². The van der Waals surface area contributed by atoms with E-state index in [2.05, 4.69) is 98.3 Å². The number of fused-ring (bicyclic) bond motifs is 1. The Morgan fingerprint density at radius 3 is 2.50 bits per heavy atom. The van der Waals surface area contributed by atoms with Crippen molar-refractivity contribution < 1.29 is 9.31 Å². The van der Waals surface area contributed by atoms with Crippen LogP contribution in [0.2, 0.25) is 0 Å². The fraction of sp³-hybridized carbons (Fsp3) is 0.296. The van der Waals surface area contributed by atoms with Gasteiger partial charge in [-0.05, 0) is 49.6 Å². The van der Waals surface area contributed by atoms with Gasteiger partial charge in [-0.25, -0.2) is 0 Å². The molecule has 1 aliphatic heterocycles.